The molecule has 4 rings (SSSR count). The second-order valence-corrected chi connectivity index (χ2v) is 9.80. The Morgan fingerprint density at radius 3 is 2.25 bits per heavy atom. The lowest BCUT2D eigenvalue weighted by Crippen LogP contribution is -2.46. The molecule has 2 aliphatic heterocycles. The molecule has 0 aliphatic carbocycles. The molecule has 2 amide bonds. The molecule has 5 nitrogen and oxygen atoms in total. The van der Waals surface area contributed by atoms with Crippen LogP contribution in [0.4, 0.5) is 0 Å². The van der Waals surface area contributed by atoms with Gasteiger partial charge in [0.2, 0.25) is 5.91 Å². The van der Waals surface area contributed by atoms with Gasteiger partial charge in [0.1, 0.15) is 12.4 Å². The summed E-state index contributed by atoms with van der Waals surface area (Å²) >= 11 is 3.54. The van der Waals surface area contributed by atoms with Crippen LogP contribution in [-0.2, 0) is 11.4 Å². The lowest BCUT2D eigenvalue weighted by molar-refractivity contribution is -0.138. The average Bonchev–Trinajstić information content (AvgIpc) is 2.83. The summed E-state index contributed by atoms with van der Waals surface area (Å²) in [5.74, 6) is 1.60. The first-order valence-electron chi connectivity index (χ1n) is 11.6. The number of carbonyl (C=O) groups excluding carboxylic acids is 2. The summed E-state index contributed by atoms with van der Waals surface area (Å²) in [7, 11) is 0. The van der Waals surface area contributed by atoms with Crippen LogP contribution in [0.1, 0.15) is 48.5 Å². The summed E-state index contributed by atoms with van der Waals surface area (Å²) in [6, 6.07) is 15.3. The number of carbonyl (C=O) groups is 2. The zero-order valence-electron chi connectivity index (χ0n) is 18.6. The molecule has 2 aliphatic rings. The van der Waals surface area contributed by atoms with E-state index in [2.05, 4.69) is 22.9 Å². The van der Waals surface area contributed by atoms with Gasteiger partial charge in [0.15, 0.2) is 0 Å². The highest BCUT2D eigenvalue weighted by molar-refractivity contribution is 9.10. The van der Waals surface area contributed by atoms with Crippen LogP contribution in [0.2, 0.25) is 0 Å². The summed E-state index contributed by atoms with van der Waals surface area (Å²) in [4.78, 5) is 30.1. The Hall–Kier alpha value is -2.34. The smallest absolute Gasteiger partial charge is 0.257 e. The van der Waals surface area contributed by atoms with Crippen molar-refractivity contribution in [3.63, 3.8) is 0 Å². The molecule has 2 aromatic rings. The molecule has 2 fully saturated rings. The van der Waals surface area contributed by atoms with Crippen molar-refractivity contribution in [3.8, 4) is 5.75 Å². The number of para-hydroxylation sites is 1. The molecule has 0 atom stereocenters. The zero-order chi connectivity index (χ0) is 22.5. The number of halogens is 1. The number of piperidine rings is 2. The summed E-state index contributed by atoms with van der Waals surface area (Å²) in [6.07, 6.45) is 3.66. The van der Waals surface area contributed by atoms with Crippen molar-refractivity contribution in [2.45, 2.75) is 39.2 Å². The normalized spacial score (nSPS) is 17.9. The first kappa shape index (κ1) is 22.8. The van der Waals surface area contributed by atoms with E-state index in [1.165, 1.54) is 0 Å². The minimum atomic E-state index is -0.0228. The molecule has 170 valence electrons. The van der Waals surface area contributed by atoms with Crippen LogP contribution in [-0.4, -0.2) is 47.8 Å². The van der Waals surface area contributed by atoms with Crippen molar-refractivity contribution in [1.82, 2.24) is 9.80 Å². The lowest BCUT2D eigenvalue weighted by Gasteiger charge is -2.36. The van der Waals surface area contributed by atoms with Crippen LogP contribution >= 0.6 is 15.9 Å². The number of ether oxygens (including phenoxy) is 1. The Labute approximate surface area is 198 Å². The topological polar surface area (TPSA) is 49.9 Å². The van der Waals surface area contributed by atoms with Crippen LogP contribution in [0.15, 0.2) is 53.0 Å². The van der Waals surface area contributed by atoms with Gasteiger partial charge in [-0.05, 0) is 49.8 Å². The standard InChI is InChI=1S/C26H31BrN2O3/c1-19-10-14-28(15-11-19)25(30)20-12-16-29(17-13-20)26(31)22-7-3-5-9-24(22)32-18-21-6-2-4-8-23(21)27/h2-9,19-20H,10-18H2,1H3. The van der Waals surface area contributed by atoms with Crippen molar-refractivity contribution in [2.75, 3.05) is 26.2 Å². The SMILES string of the molecule is CC1CCN(C(=O)C2CCN(C(=O)c3ccccc3OCc3ccccc3Br)CC2)CC1. The van der Waals surface area contributed by atoms with Crippen LogP contribution < -0.4 is 4.74 Å². The first-order chi connectivity index (χ1) is 15.5. The van der Waals surface area contributed by atoms with E-state index in [1.54, 1.807) is 0 Å². The quantitative estimate of drug-likeness (QED) is 0.573. The van der Waals surface area contributed by atoms with E-state index in [9.17, 15) is 9.59 Å². The molecule has 0 radical (unpaired) electrons. The predicted octanol–water partition coefficient (Wildman–Crippen LogP) is 5.14. The van der Waals surface area contributed by atoms with E-state index in [4.69, 9.17) is 4.74 Å². The number of likely N-dealkylation sites (tertiary alicyclic amines) is 2. The molecule has 2 aromatic carbocycles. The summed E-state index contributed by atoms with van der Waals surface area (Å²) in [5, 5.41) is 0. The Bertz CT molecular complexity index is 948. The molecule has 0 bridgehead atoms. The summed E-state index contributed by atoms with van der Waals surface area (Å²) in [5.41, 5.74) is 1.61. The summed E-state index contributed by atoms with van der Waals surface area (Å²) in [6.45, 7) is 5.61. The third-order valence-corrected chi connectivity index (χ3v) is 7.46. The van der Waals surface area contributed by atoms with E-state index in [-0.39, 0.29) is 17.7 Å². The molecule has 0 saturated carbocycles. The molecule has 0 unspecified atom stereocenters. The maximum absolute atomic E-state index is 13.3. The van der Waals surface area contributed by atoms with E-state index >= 15 is 0 Å². The lowest BCUT2D eigenvalue weighted by atomic mass is 9.92. The van der Waals surface area contributed by atoms with E-state index in [1.807, 2.05) is 58.3 Å². The third kappa shape index (κ3) is 5.34. The Balaban J connectivity index is 1.35. The van der Waals surface area contributed by atoms with Crippen molar-refractivity contribution >= 4 is 27.7 Å². The Morgan fingerprint density at radius 2 is 1.53 bits per heavy atom. The molecule has 0 spiro atoms. The molecule has 0 N–H and O–H groups in total. The minimum Gasteiger partial charge on any atom is -0.488 e. The van der Waals surface area contributed by atoms with Crippen LogP contribution in [0.5, 0.6) is 5.75 Å². The maximum Gasteiger partial charge on any atom is 0.257 e. The number of hydrogen-bond acceptors (Lipinski definition) is 3. The Kier molecular flexibility index (Phi) is 7.51. The second kappa shape index (κ2) is 10.5. The van der Waals surface area contributed by atoms with E-state index < -0.39 is 0 Å². The van der Waals surface area contributed by atoms with Crippen molar-refractivity contribution < 1.29 is 14.3 Å². The molecule has 2 heterocycles. The van der Waals surface area contributed by atoms with Gasteiger partial charge in [0.05, 0.1) is 5.56 Å². The van der Waals surface area contributed by atoms with Crippen LogP contribution in [0.3, 0.4) is 0 Å². The molecular formula is C26H31BrN2O3. The van der Waals surface area contributed by atoms with Gasteiger partial charge in [0, 0.05) is 42.1 Å². The predicted molar refractivity (Wildman–Crippen MR) is 129 cm³/mol. The second-order valence-electron chi connectivity index (χ2n) is 8.95. The average molecular weight is 499 g/mol. The minimum absolute atomic E-state index is 0.0228. The molecule has 0 aromatic heterocycles. The monoisotopic (exact) mass is 498 g/mol. The van der Waals surface area contributed by atoms with Gasteiger partial charge in [0.25, 0.3) is 5.91 Å². The Morgan fingerprint density at radius 1 is 0.906 bits per heavy atom. The number of benzene rings is 2. The fourth-order valence-electron chi connectivity index (χ4n) is 4.53. The van der Waals surface area contributed by atoms with Crippen molar-refractivity contribution in [1.29, 1.82) is 0 Å². The van der Waals surface area contributed by atoms with Crippen molar-refractivity contribution in [2.24, 2.45) is 11.8 Å². The number of hydrogen-bond donors (Lipinski definition) is 0. The van der Waals surface area contributed by atoms with Gasteiger partial charge in [-0.1, -0.05) is 53.2 Å². The van der Waals surface area contributed by atoms with Gasteiger partial charge in [-0.2, -0.15) is 0 Å². The largest absolute Gasteiger partial charge is 0.488 e. The van der Waals surface area contributed by atoms with Crippen LogP contribution in [0, 0.1) is 11.8 Å². The number of nitrogens with zero attached hydrogens (tertiary/aromatic N) is 2. The fraction of sp³-hybridized carbons (Fsp3) is 0.462. The molecule has 2 saturated heterocycles. The fourth-order valence-corrected chi connectivity index (χ4v) is 4.93. The highest BCUT2D eigenvalue weighted by atomic mass is 79.9. The zero-order valence-corrected chi connectivity index (χ0v) is 20.2. The summed E-state index contributed by atoms with van der Waals surface area (Å²) < 4.78 is 7.01. The van der Waals surface area contributed by atoms with Gasteiger partial charge < -0.3 is 14.5 Å². The highest BCUT2D eigenvalue weighted by Crippen LogP contribution is 2.27. The molecular weight excluding hydrogens is 468 g/mol. The van der Waals surface area contributed by atoms with Crippen molar-refractivity contribution in [3.05, 3.63) is 64.1 Å². The molecule has 32 heavy (non-hydrogen) atoms. The van der Waals surface area contributed by atoms with Gasteiger partial charge in [-0.3, -0.25) is 9.59 Å². The number of amides is 2. The molecule has 6 heteroatoms. The van der Waals surface area contributed by atoms with E-state index in [0.717, 1.165) is 48.8 Å². The van der Waals surface area contributed by atoms with Gasteiger partial charge in [-0.25, -0.2) is 0 Å². The van der Waals surface area contributed by atoms with Crippen LogP contribution in [0.25, 0.3) is 0 Å². The van der Waals surface area contributed by atoms with Gasteiger partial charge in [-0.15, -0.1) is 0 Å². The highest BCUT2D eigenvalue weighted by Gasteiger charge is 2.32. The van der Waals surface area contributed by atoms with E-state index in [0.29, 0.717) is 36.9 Å². The first-order valence-corrected chi connectivity index (χ1v) is 12.4. The number of rotatable bonds is 5. The third-order valence-electron chi connectivity index (χ3n) is 6.69. The van der Waals surface area contributed by atoms with Gasteiger partial charge >= 0.3 is 0 Å². The maximum atomic E-state index is 13.3.